The van der Waals surface area contributed by atoms with Gasteiger partial charge < -0.3 is 10.8 Å². The average Bonchev–Trinajstić information content (AvgIpc) is 2.38. The zero-order valence-corrected chi connectivity index (χ0v) is 12.7. The predicted molar refractivity (Wildman–Crippen MR) is 79.6 cm³/mol. The van der Waals surface area contributed by atoms with Gasteiger partial charge in [0.25, 0.3) is 5.91 Å². The summed E-state index contributed by atoms with van der Waals surface area (Å²) in [6.45, 7) is 0. The van der Waals surface area contributed by atoms with Crippen molar-refractivity contribution in [2.75, 3.05) is 11.5 Å². The molecule has 0 spiro atoms. The Balaban J connectivity index is 2.41. The molecule has 1 atom stereocenters. The molecule has 0 radical (unpaired) electrons. The number of benzene rings is 1. The van der Waals surface area contributed by atoms with Crippen molar-refractivity contribution < 1.29 is 19.5 Å². The zero-order valence-electron chi connectivity index (χ0n) is 10.3. The maximum Gasteiger partial charge on any atom is 0.321 e. The number of imide groups is 1. The Kier molecular flexibility index (Phi) is 6.69. The molecule has 0 aliphatic heterocycles. The number of thioether (sulfide) groups is 1. The van der Waals surface area contributed by atoms with Crippen molar-refractivity contribution in [2.24, 2.45) is 5.73 Å². The Morgan fingerprint density at radius 2 is 2.00 bits per heavy atom. The third-order valence-electron chi connectivity index (χ3n) is 2.22. The van der Waals surface area contributed by atoms with Crippen LogP contribution in [0.2, 0.25) is 0 Å². The lowest BCUT2D eigenvalue weighted by molar-refractivity contribution is -0.138. The third kappa shape index (κ3) is 5.32. The average molecular weight is 361 g/mol. The molecule has 0 unspecified atom stereocenters. The molecule has 0 saturated carbocycles. The lowest BCUT2D eigenvalue weighted by Gasteiger charge is -2.07. The van der Waals surface area contributed by atoms with Crippen LogP contribution in [0, 0.1) is 0 Å². The van der Waals surface area contributed by atoms with E-state index in [9.17, 15) is 14.4 Å². The number of nitrogens with two attached hydrogens (primary N) is 1. The summed E-state index contributed by atoms with van der Waals surface area (Å²) in [6.07, 6.45) is 0. The number of halogens is 1. The second-order valence-corrected chi connectivity index (χ2v) is 5.70. The monoisotopic (exact) mass is 360 g/mol. The summed E-state index contributed by atoms with van der Waals surface area (Å²) in [5.41, 5.74) is 5.64. The first-order valence-electron chi connectivity index (χ1n) is 5.56. The molecule has 2 amide bonds. The van der Waals surface area contributed by atoms with Crippen LogP contribution in [0.1, 0.15) is 10.4 Å². The number of amides is 2. The minimum Gasteiger partial charge on any atom is -0.480 e. The van der Waals surface area contributed by atoms with E-state index in [4.69, 9.17) is 10.8 Å². The minimum absolute atomic E-state index is 0.0306. The van der Waals surface area contributed by atoms with Crippen molar-refractivity contribution in [1.82, 2.24) is 5.32 Å². The van der Waals surface area contributed by atoms with Crippen molar-refractivity contribution in [2.45, 2.75) is 6.04 Å². The van der Waals surface area contributed by atoms with Crippen molar-refractivity contribution in [1.29, 1.82) is 0 Å². The smallest absolute Gasteiger partial charge is 0.321 e. The molecule has 0 aliphatic carbocycles. The van der Waals surface area contributed by atoms with Crippen molar-refractivity contribution in [3.05, 3.63) is 34.3 Å². The molecule has 0 saturated heterocycles. The van der Waals surface area contributed by atoms with Gasteiger partial charge in [-0.3, -0.25) is 19.7 Å². The van der Waals surface area contributed by atoms with E-state index in [2.05, 4.69) is 21.2 Å². The second-order valence-electron chi connectivity index (χ2n) is 3.82. The van der Waals surface area contributed by atoms with Crippen LogP contribution in [-0.4, -0.2) is 40.4 Å². The van der Waals surface area contributed by atoms with Crippen LogP contribution in [-0.2, 0) is 9.59 Å². The normalized spacial score (nSPS) is 11.7. The standard InChI is InChI=1S/C12H13BrN2O4S/c13-8-4-2-1-3-7(8)11(17)15-10(16)6-20-5-9(14)12(18)19/h1-4,9H,5-6,14H2,(H,18,19)(H,15,16,17)/t9-/m1/s1. The van der Waals surface area contributed by atoms with Gasteiger partial charge in [0.15, 0.2) is 0 Å². The Morgan fingerprint density at radius 1 is 1.35 bits per heavy atom. The van der Waals surface area contributed by atoms with E-state index in [0.717, 1.165) is 11.8 Å². The number of carboxylic acid groups (broad SMARTS) is 1. The van der Waals surface area contributed by atoms with E-state index in [0.29, 0.717) is 10.0 Å². The Labute approximate surface area is 128 Å². The summed E-state index contributed by atoms with van der Waals surface area (Å²) in [6, 6.07) is 5.70. The SMILES string of the molecule is N[C@H](CSCC(=O)NC(=O)c1ccccc1Br)C(=O)O. The van der Waals surface area contributed by atoms with Gasteiger partial charge in [0.1, 0.15) is 6.04 Å². The minimum atomic E-state index is -1.12. The first-order valence-corrected chi connectivity index (χ1v) is 7.51. The summed E-state index contributed by atoms with van der Waals surface area (Å²) in [7, 11) is 0. The molecule has 1 aromatic rings. The van der Waals surface area contributed by atoms with E-state index in [1.165, 1.54) is 0 Å². The number of aliphatic carboxylic acids is 1. The third-order valence-corrected chi connectivity index (χ3v) is 3.97. The highest BCUT2D eigenvalue weighted by atomic mass is 79.9. The lowest BCUT2D eigenvalue weighted by atomic mass is 10.2. The maximum atomic E-state index is 11.8. The number of nitrogens with one attached hydrogen (secondary N) is 1. The van der Waals surface area contributed by atoms with Crippen LogP contribution in [0.25, 0.3) is 0 Å². The van der Waals surface area contributed by atoms with E-state index in [1.54, 1.807) is 24.3 Å². The first kappa shape index (κ1) is 16.7. The van der Waals surface area contributed by atoms with E-state index in [-0.39, 0.29) is 11.5 Å². The fourth-order valence-electron chi connectivity index (χ4n) is 1.23. The highest BCUT2D eigenvalue weighted by Gasteiger charge is 2.15. The fraction of sp³-hybridized carbons (Fsp3) is 0.250. The number of carbonyl (C=O) groups excluding carboxylic acids is 2. The number of rotatable bonds is 6. The molecule has 1 aromatic carbocycles. The summed E-state index contributed by atoms with van der Waals surface area (Å²) in [5.74, 6) is -2.05. The van der Waals surface area contributed by atoms with Crippen LogP contribution in [0.15, 0.2) is 28.7 Å². The largest absolute Gasteiger partial charge is 0.480 e. The topological polar surface area (TPSA) is 109 Å². The Hall–Kier alpha value is -1.38. The molecule has 4 N–H and O–H groups in total. The molecule has 6 nitrogen and oxygen atoms in total. The van der Waals surface area contributed by atoms with Crippen LogP contribution in [0.5, 0.6) is 0 Å². The molecule has 0 fully saturated rings. The first-order chi connectivity index (χ1) is 9.41. The summed E-state index contributed by atoms with van der Waals surface area (Å²) < 4.78 is 0.589. The molecule has 0 aromatic heterocycles. The molecule has 0 heterocycles. The lowest BCUT2D eigenvalue weighted by Crippen LogP contribution is -2.35. The van der Waals surface area contributed by atoms with Crippen molar-refractivity contribution in [3.63, 3.8) is 0 Å². The van der Waals surface area contributed by atoms with Crippen LogP contribution in [0.4, 0.5) is 0 Å². The molecule has 1 rings (SSSR count). The highest BCUT2D eigenvalue weighted by molar-refractivity contribution is 9.10. The van der Waals surface area contributed by atoms with Crippen molar-refractivity contribution >= 4 is 45.5 Å². The van der Waals surface area contributed by atoms with Crippen LogP contribution < -0.4 is 11.1 Å². The Morgan fingerprint density at radius 3 is 2.60 bits per heavy atom. The van der Waals surface area contributed by atoms with Crippen LogP contribution >= 0.6 is 27.7 Å². The summed E-state index contributed by atoms with van der Waals surface area (Å²) >= 11 is 4.27. The number of hydrogen-bond acceptors (Lipinski definition) is 5. The van der Waals surface area contributed by atoms with Gasteiger partial charge in [-0.15, -0.1) is 11.8 Å². The number of carboxylic acids is 1. The molecule has 108 valence electrons. The van der Waals surface area contributed by atoms with E-state index in [1.807, 2.05) is 0 Å². The van der Waals surface area contributed by atoms with Gasteiger partial charge in [0.05, 0.1) is 11.3 Å². The van der Waals surface area contributed by atoms with E-state index >= 15 is 0 Å². The zero-order chi connectivity index (χ0) is 15.1. The van der Waals surface area contributed by atoms with Gasteiger partial charge in [-0.25, -0.2) is 0 Å². The second kappa shape index (κ2) is 8.03. The van der Waals surface area contributed by atoms with Gasteiger partial charge in [-0.2, -0.15) is 0 Å². The highest BCUT2D eigenvalue weighted by Crippen LogP contribution is 2.15. The van der Waals surface area contributed by atoms with Gasteiger partial charge in [0, 0.05) is 10.2 Å². The summed E-state index contributed by atoms with van der Waals surface area (Å²) in [4.78, 5) is 33.8. The molecular weight excluding hydrogens is 348 g/mol. The van der Waals surface area contributed by atoms with Crippen molar-refractivity contribution in [3.8, 4) is 0 Å². The molecule has 0 aliphatic rings. The van der Waals surface area contributed by atoms with Gasteiger partial charge in [-0.1, -0.05) is 12.1 Å². The van der Waals surface area contributed by atoms with Crippen LogP contribution in [0.3, 0.4) is 0 Å². The number of hydrogen-bond donors (Lipinski definition) is 3. The van der Waals surface area contributed by atoms with Gasteiger partial charge in [0.2, 0.25) is 5.91 Å². The fourth-order valence-corrected chi connectivity index (χ4v) is 2.46. The maximum absolute atomic E-state index is 11.8. The molecule has 0 bridgehead atoms. The quantitative estimate of drug-likeness (QED) is 0.693. The molecular formula is C12H13BrN2O4S. The molecule has 20 heavy (non-hydrogen) atoms. The molecule has 8 heteroatoms. The number of carbonyl (C=O) groups is 3. The summed E-state index contributed by atoms with van der Waals surface area (Å²) in [5, 5.41) is 10.8. The predicted octanol–water partition coefficient (Wildman–Crippen LogP) is 0.851. The Bertz CT molecular complexity index is 524. The van der Waals surface area contributed by atoms with Gasteiger partial charge >= 0.3 is 5.97 Å². The van der Waals surface area contributed by atoms with E-state index < -0.39 is 23.8 Å². The van der Waals surface area contributed by atoms with Gasteiger partial charge in [-0.05, 0) is 28.1 Å².